The zero-order chi connectivity index (χ0) is 9.73. The van der Waals surface area contributed by atoms with Crippen LogP contribution in [0.5, 0.6) is 0 Å². The zero-order valence-corrected chi connectivity index (χ0v) is 9.33. The Bertz CT molecular complexity index is 144. The van der Waals surface area contributed by atoms with Gasteiger partial charge in [-0.1, -0.05) is 26.2 Å². The monoisotopic (exact) mass is 204 g/mol. The van der Waals surface area contributed by atoms with Crippen molar-refractivity contribution < 1.29 is 14.0 Å². The summed E-state index contributed by atoms with van der Waals surface area (Å²) >= 11 is 0. The molecule has 0 spiro atoms. The van der Waals surface area contributed by atoms with Crippen molar-refractivity contribution >= 4 is 8.80 Å². The van der Waals surface area contributed by atoms with Gasteiger partial charge in [-0.3, -0.25) is 0 Å². The molecule has 0 saturated heterocycles. The second-order valence-electron chi connectivity index (χ2n) is 3.84. The van der Waals surface area contributed by atoms with E-state index in [1.54, 1.807) is 0 Å². The highest BCUT2D eigenvalue weighted by Gasteiger charge is 2.42. The summed E-state index contributed by atoms with van der Waals surface area (Å²) < 4.78 is 5.17. The van der Waals surface area contributed by atoms with Crippen LogP contribution in [-0.2, 0) is 4.43 Å². The molecule has 0 heterocycles. The predicted molar refractivity (Wildman–Crippen MR) is 53.3 cm³/mol. The molecule has 0 bridgehead atoms. The molecule has 1 fully saturated rings. The topological polar surface area (TPSA) is 49.7 Å². The smallest absolute Gasteiger partial charge is 0.390 e. The quantitative estimate of drug-likeness (QED) is 0.685. The van der Waals surface area contributed by atoms with E-state index in [0.29, 0.717) is 6.61 Å². The fraction of sp³-hybridized carbons (Fsp3) is 1.00. The molecular weight excluding hydrogens is 184 g/mol. The molecule has 2 N–H and O–H groups in total. The molecule has 0 radical (unpaired) electrons. The van der Waals surface area contributed by atoms with Crippen LogP contribution in [0.15, 0.2) is 0 Å². The van der Waals surface area contributed by atoms with Gasteiger partial charge in [-0.25, -0.2) is 0 Å². The summed E-state index contributed by atoms with van der Waals surface area (Å²) in [5.74, 6) is 0. The first-order chi connectivity index (χ1) is 6.17. The molecule has 0 aromatic heterocycles. The summed E-state index contributed by atoms with van der Waals surface area (Å²) in [6.07, 6.45) is 6.19. The van der Waals surface area contributed by atoms with Crippen LogP contribution in [0.25, 0.3) is 0 Å². The van der Waals surface area contributed by atoms with Crippen LogP contribution < -0.4 is 0 Å². The van der Waals surface area contributed by atoms with Crippen LogP contribution >= 0.6 is 0 Å². The van der Waals surface area contributed by atoms with Crippen LogP contribution in [0.2, 0.25) is 5.54 Å². The van der Waals surface area contributed by atoms with Crippen molar-refractivity contribution in [3.05, 3.63) is 0 Å². The van der Waals surface area contributed by atoms with E-state index in [1.165, 1.54) is 6.42 Å². The van der Waals surface area contributed by atoms with E-state index < -0.39 is 8.80 Å². The standard InChI is InChI=1S/C9H20O3Si/c1-2-8-12-13(10,11)9-6-4-3-5-7-9/h9-11H,2-8H2,1H3. The van der Waals surface area contributed by atoms with Crippen molar-refractivity contribution in [2.45, 2.75) is 51.0 Å². The first-order valence-corrected chi connectivity index (χ1v) is 7.13. The Balaban J connectivity index is 2.36. The molecule has 0 aliphatic heterocycles. The summed E-state index contributed by atoms with van der Waals surface area (Å²) in [5, 5.41) is 0. The van der Waals surface area contributed by atoms with Crippen LogP contribution in [0.1, 0.15) is 45.4 Å². The second kappa shape index (κ2) is 5.10. The van der Waals surface area contributed by atoms with Crippen LogP contribution in [0.4, 0.5) is 0 Å². The van der Waals surface area contributed by atoms with Crippen LogP contribution in [0.3, 0.4) is 0 Å². The third-order valence-electron chi connectivity index (χ3n) is 2.66. The fourth-order valence-electron chi connectivity index (χ4n) is 1.85. The van der Waals surface area contributed by atoms with Gasteiger partial charge in [0.2, 0.25) is 0 Å². The Labute approximate surface area is 81.1 Å². The van der Waals surface area contributed by atoms with Crippen molar-refractivity contribution in [1.29, 1.82) is 0 Å². The molecule has 1 aliphatic carbocycles. The minimum atomic E-state index is -3.32. The molecule has 78 valence electrons. The summed E-state index contributed by atoms with van der Waals surface area (Å²) in [6.45, 7) is 2.46. The molecule has 0 atom stereocenters. The SMILES string of the molecule is CCCO[Si](O)(O)C1CCCCC1. The van der Waals surface area contributed by atoms with Gasteiger partial charge in [0.15, 0.2) is 0 Å². The normalized spacial score (nSPS) is 20.5. The molecule has 1 rings (SSSR count). The van der Waals surface area contributed by atoms with E-state index in [2.05, 4.69) is 0 Å². The van der Waals surface area contributed by atoms with E-state index in [0.717, 1.165) is 32.1 Å². The lowest BCUT2D eigenvalue weighted by molar-refractivity contribution is 0.127. The third kappa shape index (κ3) is 3.38. The van der Waals surface area contributed by atoms with Gasteiger partial charge >= 0.3 is 8.80 Å². The maximum Gasteiger partial charge on any atom is 0.498 e. The highest BCUT2D eigenvalue weighted by Crippen LogP contribution is 2.34. The molecule has 0 aromatic rings. The van der Waals surface area contributed by atoms with Gasteiger partial charge in [0.25, 0.3) is 0 Å². The highest BCUT2D eigenvalue weighted by atomic mass is 28.4. The van der Waals surface area contributed by atoms with Crippen molar-refractivity contribution in [3.63, 3.8) is 0 Å². The molecule has 4 heteroatoms. The summed E-state index contributed by atoms with van der Waals surface area (Å²) in [7, 11) is -3.32. The molecule has 13 heavy (non-hydrogen) atoms. The van der Waals surface area contributed by atoms with Crippen molar-refractivity contribution in [2.75, 3.05) is 6.61 Å². The van der Waals surface area contributed by atoms with Crippen molar-refractivity contribution in [2.24, 2.45) is 0 Å². The van der Waals surface area contributed by atoms with E-state index in [4.69, 9.17) is 4.43 Å². The van der Waals surface area contributed by atoms with Gasteiger partial charge in [0.1, 0.15) is 0 Å². The Hall–Kier alpha value is 0.0969. The molecule has 1 aliphatic rings. The Morgan fingerprint density at radius 1 is 1.23 bits per heavy atom. The van der Waals surface area contributed by atoms with Crippen LogP contribution in [-0.4, -0.2) is 25.0 Å². The molecule has 1 saturated carbocycles. The largest absolute Gasteiger partial charge is 0.498 e. The average molecular weight is 204 g/mol. The second-order valence-corrected chi connectivity index (χ2v) is 6.26. The van der Waals surface area contributed by atoms with Crippen molar-refractivity contribution in [3.8, 4) is 0 Å². The molecule has 0 unspecified atom stereocenters. The predicted octanol–water partition coefficient (Wildman–Crippen LogP) is 1.67. The van der Waals surface area contributed by atoms with Crippen LogP contribution in [0, 0.1) is 0 Å². The summed E-state index contributed by atoms with van der Waals surface area (Å²) in [5.41, 5.74) is 0.0489. The van der Waals surface area contributed by atoms with E-state index in [9.17, 15) is 9.59 Å². The lowest BCUT2D eigenvalue weighted by Gasteiger charge is -2.29. The maximum atomic E-state index is 9.74. The molecule has 0 amide bonds. The number of hydrogen-bond acceptors (Lipinski definition) is 3. The molecule has 3 nitrogen and oxygen atoms in total. The van der Waals surface area contributed by atoms with Gasteiger partial charge in [0, 0.05) is 12.1 Å². The lowest BCUT2D eigenvalue weighted by Crippen LogP contribution is -2.45. The van der Waals surface area contributed by atoms with Gasteiger partial charge in [0.05, 0.1) is 0 Å². The minimum Gasteiger partial charge on any atom is -0.390 e. The van der Waals surface area contributed by atoms with Gasteiger partial charge < -0.3 is 14.0 Å². The fourth-order valence-corrected chi connectivity index (χ4v) is 3.75. The Kier molecular flexibility index (Phi) is 4.38. The van der Waals surface area contributed by atoms with E-state index in [-0.39, 0.29) is 5.54 Å². The third-order valence-corrected chi connectivity index (χ3v) is 4.93. The summed E-state index contributed by atoms with van der Waals surface area (Å²) in [4.78, 5) is 19.5. The van der Waals surface area contributed by atoms with E-state index in [1.807, 2.05) is 6.92 Å². The first kappa shape index (κ1) is 11.2. The number of hydrogen-bond donors (Lipinski definition) is 2. The highest BCUT2D eigenvalue weighted by molar-refractivity contribution is 6.59. The lowest BCUT2D eigenvalue weighted by atomic mass is 10.0. The molecular formula is C9H20O3Si. The zero-order valence-electron chi connectivity index (χ0n) is 8.33. The molecule has 0 aromatic carbocycles. The van der Waals surface area contributed by atoms with Crippen molar-refractivity contribution in [1.82, 2.24) is 0 Å². The first-order valence-electron chi connectivity index (χ1n) is 5.25. The van der Waals surface area contributed by atoms with E-state index >= 15 is 0 Å². The number of rotatable bonds is 4. The van der Waals surface area contributed by atoms with Gasteiger partial charge in [-0.05, 0) is 19.3 Å². The summed E-state index contributed by atoms with van der Waals surface area (Å²) in [6, 6.07) is 0. The minimum absolute atomic E-state index is 0.0489. The average Bonchev–Trinajstić information content (AvgIpc) is 2.16. The maximum absolute atomic E-state index is 9.74. The van der Waals surface area contributed by atoms with Gasteiger partial charge in [-0.2, -0.15) is 0 Å². The Morgan fingerprint density at radius 3 is 2.38 bits per heavy atom. The Morgan fingerprint density at radius 2 is 1.85 bits per heavy atom. The van der Waals surface area contributed by atoms with Gasteiger partial charge in [-0.15, -0.1) is 0 Å².